The first kappa shape index (κ1) is 12.3. The molecule has 0 spiro atoms. The van der Waals surface area contributed by atoms with E-state index in [2.05, 4.69) is 16.9 Å². The molecule has 4 nitrogen and oxygen atoms in total. The summed E-state index contributed by atoms with van der Waals surface area (Å²) in [6.45, 7) is 5.48. The van der Waals surface area contributed by atoms with Crippen molar-refractivity contribution in [3.05, 3.63) is 54.4 Å². The number of halogens is 1. The van der Waals surface area contributed by atoms with Crippen molar-refractivity contribution in [2.75, 3.05) is 5.73 Å². The standard InChI is InChI=1S/C15H13FN4/c1-9(2)10-7-12(17)15(8-11(10)16)20-14-6-4-3-5-13(14)18-19-20/h3-8H,1,17H2,2H3. The monoisotopic (exact) mass is 268 g/mol. The number of allylic oxidation sites excluding steroid dienone is 1. The molecule has 2 aromatic carbocycles. The minimum Gasteiger partial charge on any atom is -0.397 e. The smallest absolute Gasteiger partial charge is 0.132 e. The lowest BCUT2D eigenvalue weighted by Gasteiger charge is -2.10. The van der Waals surface area contributed by atoms with Gasteiger partial charge in [0.1, 0.15) is 11.3 Å². The number of hydrogen-bond donors (Lipinski definition) is 1. The number of para-hydroxylation sites is 1. The van der Waals surface area contributed by atoms with Crippen LogP contribution in [0, 0.1) is 5.82 Å². The predicted molar refractivity (Wildman–Crippen MR) is 77.9 cm³/mol. The topological polar surface area (TPSA) is 56.7 Å². The molecular formula is C15H13FN4. The molecule has 2 N–H and O–H groups in total. The van der Waals surface area contributed by atoms with E-state index in [9.17, 15) is 4.39 Å². The van der Waals surface area contributed by atoms with Crippen molar-refractivity contribution < 1.29 is 4.39 Å². The fourth-order valence-electron chi connectivity index (χ4n) is 2.14. The van der Waals surface area contributed by atoms with Crippen molar-refractivity contribution in [2.24, 2.45) is 0 Å². The zero-order valence-corrected chi connectivity index (χ0v) is 11.0. The van der Waals surface area contributed by atoms with Crippen molar-refractivity contribution >= 4 is 22.3 Å². The molecule has 0 bridgehead atoms. The fourth-order valence-corrected chi connectivity index (χ4v) is 2.14. The summed E-state index contributed by atoms with van der Waals surface area (Å²) in [7, 11) is 0. The molecule has 5 heteroatoms. The third-order valence-electron chi connectivity index (χ3n) is 3.16. The van der Waals surface area contributed by atoms with Gasteiger partial charge in [-0.25, -0.2) is 9.07 Å². The summed E-state index contributed by atoms with van der Waals surface area (Å²) in [5, 5.41) is 8.08. The molecule has 0 saturated heterocycles. The highest BCUT2D eigenvalue weighted by Gasteiger charge is 2.13. The van der Waals surface area contributed by atoms with Gasteiger partial charge in [-0.1, -0.05) is 23.9 Å². The van der Waals surface area contributed by atoms with Gasteiger partial charge in [-0.2, -0.15) is 0 Å². The van der Waals surface area contributed by atoms with Gasteiger partial charge in [-0.3, -0.25) is 0 Å². The van der Waals surface area contributed by atoms with E-state index in [1.807, 2.05) is 24.3 Å². The van der Waals surface area contributed by atoms with E-state index >= 15 is 0 Å². The maximum atomic E-state index is 14.1. The van der Waals surface area contributed by atoms with Crippen molar-refractivity contribution in [3.8, 4) is 5.69 Å². The minimum atomic E-state index is -0.374. The summed E-state index contributed by atoms with van der Waals surface area (Å²) in [6.07, 6.45) is 0. The molecule has 3 aromatic rings. The zero-order valence-electron chi connectivity index (χ0n) is 11.0. The van der Waals surface area contributed by atoms with E-state index in [0.717, 1.165) is 11.0 Å². The van der Waals surface area contributed by atoms with Crippen LogP contribution in [-0.2, 0) is 0 Å². The fraction of sp³-hybridized carbons (Fsp3) is 0.0667. The SMILES string of the molecule is C=C(C)c1cc(N)c(-n2nnc3ccccc32)cc1F. The van der Waals surface area contributed by atoms with E-state index in [4.69, 9.17) is 5.73 Å². The highest BCUT2D eigenvalue weighted by atomic mass is 19.1. The molecule has 0 amide bonds. The van der Waals surface area contributed by atoms with Gasteiger partial charge in [0.25, 0.3) is 0 Å². The first-order chi connectivity index (χ1) is 9.58. The average molecular weight is 268 g/mol. The van der Waals surface area contributed by atoms with Crippen molar-refractivity contribution in [1.29, 1.82) is 0 Å². The summed E-state index contributed by atoms with van der Waals surface area (Å²) >= 11 is 0. The molecule has 1 aromatic heterocycles. The van der Waals surface area contributed by atoms with E-state index < -0.39 is 0 Å². The van der Waals surface area contributed by atoms with Gasteiger partial charge < -0.3 is 5.73 Å². The second-order valence-corrected chi connectivity index (χ2v) is 4.66. The van der Waals surface area contributed by atoms with E-state index in [1.54, 1.807) is 13.0 Å². The second-order valence-electron chi connectivity index (χ2n) is 4.66. The number of nitrogens with zero attached hydrogens (tertiary/aromatic N) is 3. The number of benzene rings is 2. The first-order valence-corrected chi connectivity index (χ1v) is 6.13. The molecular weight excluding hydrogens is 255 g/mol. The number of nitrogens with two attached hydrogens (primary N) is 1. The van der Waals surface area contributed by atoms with Crippen molar-refractivity contribution in [2.45, 2.75) is 6.92 Å². The Labute approximate surface area is 115 Å². The Morgan fingerprint density at radius 2 is 2.05 bits per heavy atom. The van der Waals surface area contributed by atoms with Gasteiger partial charge in [-0.15, -0.1) is 5.10 Å². The molecule has 0 aliphatic carbocycles. The molecule has 0 aliphatic heterocycles. The summed E-state index contributed by atoms with van der Waals surface area (Å²) < 4.78 is 15.6. The molecule has 0 unspecified atom stereocenters. The Hall–Kier alpha value is -2.69. The number of rotatable bonds is 2. The molecule has 1 heterocycles. The van der Waals surface area contributed by atoms with Crippen molar-refractivity contribution in [3.63, 3.8) is 0 Å². The van der Waals surface area contributed by atoms with Crippen LogP contribution in [-0.4, -0.2) is 15.0 Å². The lowest BCUT2D eigenvalue weighted by molar-refractivity contribution is 0.622. The van der Waals surface area contributed by atoms with Crippen LogP contribution in [0.15, 0.2) is 43.0 Å². The minimum absolute atomic E-state index is 0.374. The summed E-state index contributed by atoms with van der Waals surface area (Å²) in [5.74, 6) is -0.374. The third-order valence-corrected chi connectivity index (χ3v) is 3.16. The number of anilines is 1. The average Bonchev–Trinajstić information content (AvgIpc) is 2.84. The van der Waals surface area contributed by atoms with Crippen LogP contribution in [0.25, 0.3) is 22.3 Å². The lowest BCUT2D eigenvalue weighted by Crippen LogP contribution is -2.04. The molecule has 100 valence electrons. The van der Waals surface area contributed by atoms with Crippen LogP contribution in [0.4, 0.5) is 10.1 Å². The summed E-state index contributed by atoms with van der Waals surface area (Å²) in [6, 6.07) is 10.4. The van der Waals surface area contributed by atoms with Crippen molar-refractivity contribution in [1.82, 2.24) is 15.0 Å². The normalized spacial score (nSPS) is 10.9. The van der Waals surface area contributed by atoms with Gasteiger partial charge in [0.2, 0.25) is 0 Å². The second kappa shape index (κ2) is 4.45. The van der Waals surface area contributed by atoms with Gasteiger partial charge in [0.15, 0.2) is 0 Å². The summed E-state index contributed by atoms with van der Waals surface area (Å²) in [4.78, 5) is 0. The predicted octanol–water partition coefficient (Wildman–Crippen LogP) is 3.17. The lowest BCUT2D eigenvalue weighted by atomic mass is 10.1. The van der Waals surface area contributed by atoms with Crippen LogP contribution in [0.2, 0.25) is 0 Å². The maximum absolute atomic E-state index is 14.1. The Bertz CT molecular complexity index is 820. The van der Waals surface area contributed by atoms with Crippen LogP contribution in [0.5, 0.6) is 0 Å². The van der Waals surface area contributed by atoms with E-state index in [-0.39, 0.29) is 5.82 Å². The molecule has 0 saturated carbocycles. The molecule has 20 heavy (non-hydrogen) atoms. The van der Waals surface area contributed by atoms with Gasteiger partial charge in [0.05, 0.1) is 16.9 Å². The zero-order chi connectivity index (χ0) is 14.3. The number of aromatic nitrogens is 3. The number of nitrogen functional groups attached to an aromatic ring is 1. The largest absolute Gasteiger partial charge is 0.397 e. The Kier molecular flexibility index (Phi) is 2.75. The van der Waals surface area contributed by atoms with Crippen LogP contribution in [0.1, 0.15) is 12.5 Å². The molecule has 3 rings (SSSR count). The highest BCUT2D eigenvalue weighted by molar-refractivity contribution is 5.78. The highest BCUT2D eigenvalue weighted by Crippen LogP contribution is 2.27. The van der Waals surface area contributed by atoms with Crippen LogP contribution < -0.4 is 5.73 Å². The Morgan fingerprint density at radius 3 is 2.80 bits per heavy atom. The quantitative estimate of drug-likeness (QED) is 0.726. The number of hydrogen-bond acceptors (Lipinski definition) is 3. The molecule has 0 atom stereocenters. The molecule has 0 fully saturated rings. The van der Waals surface area contributed by atoms with Gasteiger partial charge >= 0.3 is 0 Å². The Morgan fingerprint density at radius 1 is 1.30 bits per heavy atom. The maximum Gasteiger partial charge on any atom is 0.132 e. The first-order valence-electron chi connectivity index (χ1n) is 6.13. The third kappa shape index (κ3) is 1.84. The summed E-state index contributed by atoms with van der Waals surface area (Å²) in [5.41, 5.74) is 9.47. The van der Waals surface area contributed by atoms with E-state index in [1.165, 1.54) is 10.7 Å². The van der Waals surface area contributed by atoms with Gasteiger partial charge in [-0.05, 0) is 30.7 Å². The molecule has 0 radical (unpaired) electrons. The van der Waals surface area contributed by atoms with Crippen LogP contribution >= 0.6 is 0 Å². The molecule has 0 aliphatic rings. The van der Waals surface area contributed by atoms with Crippen LogP contribution in [0.3, 0.4) is 0 Å². The Balaban J connectivity index is 2.25. The van der Waals surface area contributed by atoms with Gasteiger partial charge in [0, 0.05) is 11.6 Å². The number of fused-ring (bicyclic) bond motifs is 1. The van der Waals surface area contributed by atoms with E-state index in [0.29, 0.717) is 22.5 Å².